The molecule has 0 spiro atoms. The van der Waals surface area contributed by atoms with Crippen LogP contribution in [0.2, 0.25) is 0 Å². The van der Waals surface area contributed by atoms with Crippen LogP contribution in [-0.2, 0) is 14.3 Å². The normalized spacial score (nSPS) is 20.5. The molecule has 128 valence electrons. The van der Waals surface area contributed by atoms with Crippen molar-refractivity contribution >= 4 is 5.97 Å². The number of hydrogen-bond acceptors (Lipinski definition) is 3. The molecule has 1 aliphatic rings. The molecule has 3 heteroatoms. The Morgan fingerprint density at radius 1 is 1.00 bits per heavy atom. The SMILES string of the molecule is CCCCC[C@@H]1O[C@H]1CC=CCCCCCCCC(=O)OC. The molecule has 0 saturated carbocycles. The van der Waals surface area contributed by atoms with Gasteiger partial charge in [-0.15, -0.1) is 0 Å². The Hall–Kier alpha value is -0.830. The fraction of sp³-hybridized carbons (Fsp3) is 0.842. The van der Waals surface area contributed by atoms with E-state index >= 15 is 0 Å². The number of esters is 1. The molecule has 0 aromatic carbocycles. The molecule has 0 unspecified atom stereocenters. The molecule has 1 rings (SSSR count). The summed E-state index contributed by atoms with van der Waals surface area (Å²) in [6, 6.07) is 0. The fourth-order valence-electron chi connectivity index (χ4n) is 2.75. The molecule has 1 saturated heterocycles. The molecule has 1 aliphatic heterocycles. The van der Waals surface area contributed by atoms with Gasteiger partial charge < -0.3 is 9.47 Å². The highest BCUT2D eigenvalue weighted by atomic mass is 16.6. The van der Waals surface area contributed by atoms with Crippen LogP contribution >= 0.6 is 0 Å². The van der Waals surface area contributed by atoms with Gasteiger partial charge in [-0.05, 0) is 32.1 Å². The Bertz CT molecular complexity index is 312. The monoisotopic (exact) mass is 310 g/mol. The Kier molecular flexibility index (Phi) is 11.1. The number of epoxide rings is 1. The quantitative estimate of drug-likeness (QED) is 0.192. The summed E-state index contributed by atoms with van der Waals surface area (Å²) in [4.78, 5) is 10.9. The van der Waals surface area contributed by atoms with Gasteiger partial charge in [0.1, 0.15) is 0 Å². The fourth-order valence-corrected chi connectivity index (χ4v) is 2.75. The van der Waals surface area contributed by atoms with E-state index in [0.29, 0.717) is 18.6 Å². The summed E-state index contributed by atoms with van der Waals surface area (Å²) in [5.41, 5.74) is 0. The van der Waals surface area contributed by atoms with Gasteiger partial charge in [-0.3, -0.25) is 4.79 Å². The molecular weight excluding hydrogens is 276 g/mol. The molecule has 0 aromatic rings. The molecular formula is C19H34O3. The number of unbranched alkanes of at least 4 members (excludes halogenated alkanes) is 7. The largest absolute Gasteiger partial charge is 0.469 e. The summed E-state index contributed by atoms with van der Waals surface area (Å²) in [6.07, 6.45) is 19.5. The molecule has 0 bridgehead atoms. The van der Waals surface area contributed by atoms with E-state index in [2.05, 4.69) is 23.8 Å². The van der Waals surface area contributed by atoms with E-state index in [1.807, 2.05) is 0 Å². The molecule has 22 heavy (non-hydrogen) atoms. The molecule has 0 aliphatic carbocycles. The van der Waals surface area contributed by atoms with Crippen molar-refractivity contribution in [2.75, 3.05) is 7.11 Å². The first-order valence-corrected chi connectivity index (χ1v) is 9.15. The van der Waals surface area contributed by atoms with Crippen LogP contribution in [0.5, 0.6) is 0 Å². The first-order valence-electron chi connectivity index (χ1n) is 9.15. The Labute approximate surface area is 136 Å². The van der Waals surface area contributed by atoms with Crippen molar-refractivity contribution in [1.82, 2.24) is 0 Å². The number of methoxy groups -OCH3 is 1. The van der Waals surface area contributed by atoms with Crippen LogP contribution < -0.4 is 0 Å². The lowest BCUT2D eigenvalue weighted by Gasteiger charge is -2.00. The maximum absolute atomic E-state index is 10.9. The molecule has 3 nitrogen and oxygen atoms in total. The second-order valence-electron chi connectivity index (χ2n) is 6.30. The van der Waals surface area contributed by atoms with Crippen molar-refractivity contribution in [1.29, 1.82) is 0 Å². The lowest BCUT2D eigenvalue weighted by atomic mass is 10.1. The van der Waals surface area contributed by atoms with Crippen molar-refractivity contribution < 1.29 is 14.3 Å². The summed E-state index contributed by atoms with van der Waals surface area (Å²) >= 11 is 0. The van der Waals surface area contributed by atoms with Crippen LogP contribution in [0, 0.1) is 0 Å². The standard InChI is InChI=1S/C19H34O3/c1-3-4-11-14-17-18(22-17)15-12-9-7-5-6-8-10-13-16-19(20)21-2/h9,12,17-18H,3-8,10-11,13-16H2,1-2H3/t17-,18-/m0/s1. The van der Waals surface area contributed by atoms with Gasteiger partial charge in [-0.2, -0.15) is 0 Å². The van der Waals surface area contributed by atoms with E-state index in [1.165, 1.54) is 58.5 Å². The van der Waals surface area contributed by atoms with Gasteiger partial charge in [-0.25, -0.2) is 0 Å². The highest BCUT2D eigenvalue weighted by Crippen LogP contribution is 2.30. The number of hydrogen-bond donors (Lipinski definition) is 0. The van der Waals surface area contributed by atoms with Gasteiger partial charge in [0.2, 0.25) is 0 Å². The van der Waals surface area contributed by atoms with Crippen molar-refractivity contribution in [3.05, 3.63) is 12.2 Å². The third-order valence-electron chi connectivity index (χ3n) is 4.29. The van der Waals surface area contributed by atoms with Gasteiger partial charge in [-0.1, -0.05) is 57.6 Å². The van der Waals surface area contributed by atoms with Crippen molar-refractivity contribution in [2.24, 2.45) is 0 Å². The molecule has 2 atom stereocenters. The summed E-state index contributed by atoms with van der Waals surface area (Å²) in [5.74, 6) is -0.0850. The minimum Gasteiger partial charge on any atom is -0.469 e. The Morgan fingerprint density at radius 3 is 2.55 bits per heavy atom. The van der Waals surface area contributed by atoms with Crippen LogP contribution in [0.3, 0.4) is 0 Å². The summed E-state index contributed by atoms with van der Waals surface area (Å²) in [7, 11) is 1.45. The third kappa shape index (κ3) is 9.99. The number of rotatable bonds is 14. The highest BCUT2D eigenvalue weighted by Gasteiger charge is 2.36. The predicted molar refractivity (Wildman–Crippen MR) is 90.9 cm³/mol. The maximum atomic E-state index is 10.9. The molecule has 1 fully saturated rings. The van der Waals surface area contributed by atoms with Gasteiger partial charge in [0.15, 0.2) is 0 Å². The molecule has 1 heterocycles. The lowest BCUT2D eigenvalue weighted by molar-refractivity contribution is -0.140. The minimum atomic E-state index is -0.0850. The average molecular weight is 310 g/mol. The molecule has 0 radical (unpaired) electrons. The zero-order chi connectivity index (χ0) is 16.0. The van der Waals surface area contributed by atoms with E-state index in [1.54, 1.807) is 0 Å². The van der Waals surface area contributed by atoms with E-state index in [0.717, 1.165) is 19.3 Å². The smallest absolute Gasteiger partial charge is 0.305 e. The van der Waals surface area contributed by atoms with Gasteiger partial charge in [0.05, 0.1) is 19.3 Å². The van der Waals surface area contributed by atoms with Crippen molar-refractivity contribution in [2.45, 2.75) is 96.2 Å². The first kappa shape index (κ1) is 19.2. The van der Waals surface area contributed by atoms with Crippen LogP contribution in [0.1, 0.15) is 84.0 Å². The van der Waals surface area contributed by atoms with Gasteiger partial charge in [0, 0.05) is 6.42 Å². The lowest BCUT2D eigenvalue weighted by Crippen LogP contribution is -1.99. The minimum absolute atomic E-state index is 0.0850. The van der Waals surface area contributed by atoms with E-state index < -0.39 is 0 Å². The predicted octanol–water partition coefficient (Wildman–Crippen LogP) is 5.18. The summed E-state index contributed by atoms with van der Waals surface area (Å²) in [6.45, 7) is 2.24. The van der Waals surface area contributed by atoms with E-state index in [4.69, 9.17) is 4.74 Å². The summed E-state index contributed by atoms with van der Waals surface area (Å²) < 4.78 is 10.3. The number of carbonyl (C=O) groups excluding carboxylic acids is 1. The topological polar surface area (TPSA) is 38.8 Å². The first-order chi connectivity index (χ1) is 10.8. The second kappa shape index (κ2) is 12.7. The van der Waals surface area contributed by atoms with Gasteiger partial charge in [0.25, 0.3) is 0 Å². The average Bonchev–Trinajstić information content (AvgIpc) is 3.27. The van der Waals surface area contributed by atoms with E-state index in [9.17, 15) is 4.79 Å². The van der Waals surface area contributed by atoms with Crippen molar-refractivity contribution in [3.8, 4) is 0 Å². The number of carbonyl (C=O) groups is 1. The molecule has 0 amide bonds. The zero-order valence-electron chi connectivity index (χ0n) is 14.5. The molecule has 0 aromatic heterocycles. The maximum Gasteiger partial charge on any atom is 0.305 e. The van der Waals surface area contributed by atoms with Crippen LogP contribution in [0.25, 0.3) is 0 Å². The van der Waals surface area contributed by atoms with Crippen LogP contribution in [0.4, 0.5) is 0 Å². The molecule has 0 N–H and O–H groups in total. The highest BCUT2D eigenvalue weighted by molar-refractivity contribution is 5.68. The Balaban J connectivity index is 1.80. The van der Waals surface area contributed by atoms with Crippen molar-refractivity contribution in [3.63, 3.8) is 0 Å². The number of ether oxygens (including phenoxy) is 2. The van der Waals surface area contributed by atoms with E-state index in [-0.39, 0.29) is 5.97 Å². The van der Waals surface area contributed by atoms with Crippen LogP contribution in [-0.4, -0.2) is 25.3 Å². The third-order valence-corrected chi connectivity index (χ3v) is 4.29. The summed E-state index contributed by atoms with van der Waals surface area (Å²) in [5, 5.41) is 0. The Morgan fingerprint density at radius 2 is 1.77 bits per heavy atom. The zero-order valence-corrected chi connectivity index (χ0v) is 14.5. The van der Waals surface area contributed by atoms with Gasteiger partial charge >= 0.3 is 5.97 Å². The number of allylic oxidation sites excluding steroid dienone is 1. The second-order valence-corrected chi connectivity index (χ2v) is 6.30. The van der Waals surface area contributed by atoms with Crippen LogP contribution in [0.15, 0.2) is 12.2 Å².